The summed E-state index contributed by atoms with van der Waals surface area (Å²) >= 11 is 0. The van der Waals surface area contributed by atoms with Gasteiger partial charge in [-0.1, -0.05) is 0 Å². The molecule has 1 aromatic rings. The van der Waals surface area contributed by atoms with Crippen molar-refractivity contribution in [2.45, 2.75) is 6.10 Å². The Labute approximate surface area is 128 Å². The topological polar surface area (TPSA) is 74.7 Å². The van der Waals surface area contributed by atoms with E-state index in [1.165, 1.54) is 0 Å². The SMILES string of the molecule is CNCC1CN(c2ccc(N3CC[OH+]CC3=O)cc2)C(=O)O1. The van der Waals surface area contributed by atoms with E-state index in [4.69, 9.17) is 4.74 Å². The summed E-state index contributed by atoms with van der Waals surface area (Å²) in [7, 11) is 1.83. The number of nitrogens with zero attached hydrogens (tertiary/aromatic N) is 2. The minimum Gasteiger partial charge on any atom is -0.443 e. The molecule has 2 N–H and O–H groups in total. The number of ether oxygens (including phenoxy) is 2. The molecule has 118 valence electrons. The van der Waals surface area contributed by atoms with Crippen LogP contribution in [0.2, 0.25) is 0 Å². The molecular weight excluding hydrogens is 286 g/mol. The highest BCUT2D eigenvalue weighted by molar-refractivity contribution is 5.95. The van der Waals surface area contributed by atoms with Crippen LogP contribution in [0.5, 0.6) is 0 Å². The van der Waals surface area contributed by atoms with Gasteiger partial charge >= 0.3 is 12.0 Å². The number of morpholine rings is 1. The first-order chi connectivity index (χ1) is 10.7. The number of hydrogen-bond acceptors (Lipinski definition) is 4. The number of rotatable bonds is 4. The minimum absolute atomic E-state index is 0.00802. The largest absolute Gasteiger partial charge is 0.443 e. The zero-order valence-electron chi connectivity index (χ0n) is 12.5. The van der Waals surface area contributed by atoms with Crippen molar-refractivity contribution < 1.29 is 19.1 Å². The maximum Gasteiger partial charge on any atom is 0.414 e. The van der Waals surface area contributed by atoms with E-state index >= 15 is 0 Å². The van der Waals surface area contributed by atoms with E-state index in [-0.39, 0.29) is 24.7 Å². The molecule has 1 unspecified atom stereocenters. The fraction of sp³-hybridized carbons (Fsp3) is 0.467. The summed E-state index contributed by atoms with van der Waals surface area (Å²) in [5.74, 6) is 0.00802. The Morgan fingerprint density at radius 3 is 2.55 bits per heavy atom. The molecule has 7 nitrogen and oxygen atoms in total. The predicted octanol–water partition coefficient (Wildman–Crippen LogP) is 0.106. The third-order valence-corrected chi connectivity index (χ3v) is 3.81. The second-order valence-corrected chi connectivity index (χ2v) is 5.34. The van der Waals surface area contributed by atoms with Crippen molar-refractivity contribution in [3.05, 3.63) is 24.3 Å². The van der Waals surface area contributed by atoms with Crippen LogP contribution in [-0.4, -0.2) is 62.7 Å². The van der Waals surface area contributed by atoms with E-state index in [1.54, 1.807) is 9.80 Å². The predicted molar refractivity (Wildman–Crippen MR) is 82.3 cm³/mol. The van der Waals surface area contributed by atoms with Gasteiger partial charge in [0.25, 0.3) is 0 Å². The van der Waals surface area contributed by atoms with Crippen LogP contribution >= 0.6 is 0 Å². The standard InChI is InChI=1S/C15H19N3O4/c1-16-8-13-9-18(15(20)22-13)12-4-2-11(3-5-12)17-6-7-21-10-14(17)19/h2-5,13,16H,6-10H2,1H3/p+1. The lowest BCUT2D eigenvalue weighted by Gasteiger charge is -2.25. The van der Waals surface area contributed by atoms with Gasteiger partial charge in [-0.15, -0.1) is 0 Å². The maximum atomic E-state index is 11.9. The molecule has 7 heteroatoms. The Morgan fingerprint density at radius 1 is 1.23 bits per heavy atom. The van der Waals surface area contributed by atoms with Gasteiger partial charge in [-0.3, -0.25) is 14.6 Å². The van der Waals surface area contributed by atoms with Crippen molar-refractivity contribution >= 4 is 23.4 Å². The van der Waals surface area contributed by atoms with Crippen LogP contribution in [0.4, 0.5) is 16.2 Å². The third kappa shape index (κ3) is 2.90. The fourth-order valence-corrected chi connectivity index (χ4v) is 2.71. The van der Waals surface area contributed by atoms with Crippen LogP contribution in [0.1, 0.15) is 0 Å². The molecule has 2 amide bonds. The van der Waals surface area contributed by atoms with E-state index < -0.39 is 0 Å². The summed E-state index contributed by atoms with van der Waals surface area (Å²) < 4.78 is 9.36. The minimum atomic E-state index is -0.333. The number of amides is 2. The number of nitrogens with one attached hydrogen (secondary N) is 1. The van der Waals surface area contributed by atoms with Crippen LogP contribution in [0.3, 0.4) is 0 Å². The highest BCUT2D eigenvalue weighted by Gasteiger charge is 2.32. The first-order valence-corrected chi connectivity index (χ1v) is 7.35. The van der Waals surface area contributed by atoms with Crippen molar-refractivity contribution in [3.63, 3.8) is 0 Å². The number of carbonyl (C=O) groups is 2. The Balaban J connectivity index is 1.71. The molecule has 0 saturated carbocycles. The zero-order valence-corrected chi connectivity index (χ0v) is 12.5. The third-order valence-electron chi connectivity index (χ3n) is 3.81. The Kier molecular flexibility index (Phi) is 4.26. The summed E-state index contributed by atoms with van der Waals surface area (Å²) in [5, 5.41) is 3.00. The molecule has 0 bridgehead atoms. The van der Waals surface area contributed by atoms with Crippen molar-refractivity contribution in [2.24, 2.45) is 0 Å². The molecule has 1 atom stereocenters. The Hall–Kier alpha value is -2.12. The number of likely N-dealkylation sites (N-methyl/N-ethyl adjacent to an activating group) is 1. The average Bonchev–Trinajstić information content (AvgIpc) is 2.89. The van der Waals surface area contributed by atoms with Gasteiger partial charge in [0.15, 0.2) is 6.61 Å². The lowest BCUT2D eigenvalue weighted by molar-refractivity contribution is -0.139. The highest BCUT2D eigenvalue weighted by atomic mass is 16.6. The van der Waals surface area contributed by atoms with E-state index in [0.29, 0.717) is 26.2 Å². The number of benzene rings is 1. The molecule has 2 heterocycles. The molecule has 0 spiro atoms. The first-order valence-electron chi connectivity index (χ1n) is 7.35. The molecule has 1 aromatic carbocycles. The Morgan fingerprint density at radius 2 is 1.91 bits per heavy atom. The zero-order chi connectivity index (χ0) is 15.5. The van der Waals surface area contributed by atoms with Gasteiger partial charge in [0.2, 0.25) is 6.61 Å². The molecule has 0 aromatic heterocycles. The smallest absolute Gasteiger partial charge is 0.414 e. The number of hydrogen-bond donors (Lipinski definition) is 1. The quantitative estimate of drug-likeness (QED) is 0.801. The molecule has 2 aliphatic rings. The maximum absolute atomic E-state index is 11.9. The van der Waals surface area contributed by atoms with Crippen molar-refractivity contribution in [1.29, 1.82) is 0 Å². The molecular formula is C15H20N3O4+. The Bertz CT molecular complexity index is 560. The van der Waals surface area contributed by atoms with Crippen molar-refractivity contribution in [1.82, 2.24) is 5.32 Å². The summed E-state index contributed by atoms with van der Waals surface area (Å²) in [6, 6.07) is 7.41. The van der Waals surface area contributed by atoms with Gasteiger partial charge < -0.3 is 14.8 Å². The van der Waals surface area contributed by atoms with Crippen molar-refractivity contribution in [2.75, 3.05) is 49.7 Å². The van der Waals surface area contributed by atoms with Gasteiger partial charge in [0, 0.05) is 17.9 Å². The van der Waals surface area contributed by atoms with Crippen molar-refractivity contribution in [3.8, 4) is 0 Å². The van der Waals surface area contributed by atoms with Crippen LogP contribution in [0, 0.1) is 0 Å². The monoisotopic (exact) mass is 306 g/mol. The average molecular weight is 306 g/mol. The van der Waals surface area contributed by atoms with Crippen LogP contribution < -0.4 is 15.1 Å². The van der Waals surface area contributed by atoms with E-state index in [9.17, 15) is 9.59 Å². The molecule has 2 aliphatic heterocycles. The lowest BCUT2D eigenvalue weighted by Crippen LogP contribution is -2.43. The summed E-state index contributed by atoms with van der Waals surface area (Å²) in [6.45, 7) is 2.67. The first kappa shape index (κ1) is 14.8. The van der Waals surface area contributed by atoms with E-state index in [1.807, 2.05) is 31.3 Å². The highest BCUT2D eigenvalue weighted by Crippen LogP contribution is 2.25. The molecule has 0 aliphatic carbocycles. The van der Waals surface area contributed by atoms with E-state index in [2.05, 4.69) is 10.1 Å². The number of anilines is 2. The number of aliphatic hydroxyl groups is 2. The van der Waals surface area contributed by atoms with E-state index in [0.717, 1.165) is 11.4 Å². The lowest BCUT2D eigenvalue weighted by atomic mass is 10.2. The number of carbonyl (C=O) groups excluding carboxylic acids is 2. The van der Waals surface area contributed by atoms with Gasteiger partial charge in [0.05, 0.1) is 13.1 Å². The summed E-state index contributed by atoms with van der Waals surface area (Å²) in [4.78, 5) is 27.1. The second-order valence-electron chi connectivity index (χ2n) is 5.34. The van der Waals surface area contributed by atoms with Crippen LogP contribution in [0.15, 0.2) is 24.3 Å². The molecule has 2 fully saturated rings. The number of cyclic esters (lactones) is 1. The fourth-order valence-electron chi connectivity index (χ4n) is 2.71. The van der Waals surface area contributed by atoms with Gasteiger partial charge in [-0.05, 0) is 31.3 Å². The summed E-state index contributed by atoms with van der Waals surface area (Å²) in [5.41, 5.74) is 1.62. The molecule has 2 saturated heterocycles. The van der Waals surface area contributed by atoms with Gasteiger partial charge in [-0.2, -0.15) is 0 Å². The van der Waals surface area contributed by atoms with Crippen LogP contribution in [-0.2, 0) is 9.53 Å². The molecule has 22 heavy (non-hydrogen) atoms. The van der Waals surface area contributed by atoms with Gasteiger partial charge in [-0.25, -0.2) is 4.79 Å². The second kappa shape index (κ2) is 6.33. The normalized spacial score (nSPS) is 22.1. The summed E-state index contributed by atoms with van der Waals surface area (Å²) in [6.07, 6.45) is -0.469. The van der Waals surface area contributed by atoms with Crippen LogP contribution in [0.25, 0.3) is 0 Å². The molecule has 0 radical (unpaired) electrons. The van der Waals surface area contributed by atoms with Gasteiger partial charge in [0.1, 0.15) is 6.10 Å². The molecule has 3 rings (SSSR count).